The third kappa shape index (κ3) is 4.47. The van der Waals surface area contributed by atoms with Gasteiger partial charge in [0, 0.05) is 6.92 Å². The second kappa shape index (κ2) is 5.62. The van der Waals surface area contributed by atoms with Gasteiger partial charge in [0.1, 0.15) is 5.75 Å². The van der Waals surface area contributed by atoms with Crippen molar-refractivity contribution in [2.75, 3.05) is 0 Å². The van der Waals surface area contributed by atoms with E-state index in [2.05, 4.69) is 0 Å². The van der Waals surface area contributed by atoms with Crippen LogP contribution >= 0.6 is 34.8 Å². The number of benzene rings is 1. The van der Waals surface area contributed by atoms with Crippen LogP contribution in [0.25, 0.3) is 0 Å². The van der Waals surface area contributed by atoms with E-state index >= 15 is 0 Å². The van der Waals surface area contributed by atoms with Crippen LogP contribution in [0.15, 0.2) is 30.3 Å². The molecule has 0 aliphatic carbocycles. The summed E-state index contributed by atoms with van der Waals surface area (Å²) in [4.78, 5) is 11.2. The van der Waals surface area contributed by atoms with Crippen LogP contribution in [0.4, 0.5) is 0 Å². The molecule has 1 unspecified atom stereocenters. The van der Waals surface area contributed by atoms with E-state index in [1.165, 1.54) is 6.92 Å². The van der Waals surface area contributed by atoms with Gasteiger partial charge in [0.15, 0.2) is 0 Å². The molecule has 0 aliphatic rings. The van der Waals surface area contributed by atoms with Crippen molar-refractivity contribution >= 4 is 40.8 Å². The first-order valence-electron chi connectivity index (χ1n) is 4.39. The molecule has 0 saturated heterocycles. The van der Waals surface area contributed by atoms with E-state index in [-0.39, 0.29) is 0 Å². The van der Waals surface area contributed by atoms with Crippen LogP contribution in [0, 0.1) is 0 Å². The molecule has 1 aromatic carbocycles. The van der Waals surface area contributed by atoms with Crippen molar-refractivity contribution in [3.63, 3.8) is 0 Å². The number of para-hydroxylation sites is 1. The molecule has 0 radical (unpaired) electrons. The van der Waals surface area contributed by atoms with Crippen LogP contribution in [0.5, 0.6) is 5.75 Å². The Morgan fingerprint density at radius 1 is 1.25 bits per heavy atom. The summed E-state index contributed by atoms with van der Waals surface area (Å²) in [5.41, 5.74) is 0. The number of alkyl halides is 3. The second-order valence-electron chi connectivity index (χ2n) is 2.90. The quantitative estimate of drug-likeness (QED) is 0.485. The van der Waals surface area contributed by atoms with E-state index in [0.29, 0.717) is 5.75 Å². The molecule has 0 amide bonds. The minimum Gasteiger partial charge on any atom is -0.455 e. The van der Waals surface area contributed by atoms with Gasteiger partial charge in [0.05, 0.1) is 0 Å². The Kier molecular flexibility index (Phi) is 4.71. The molecule has 0 heterocycles. The lowest BCUT2D eigenvalue weighted by atomic mass is 10.3. The highest BCUT2D eigenvalue weighted by Gasteiger charge is 2.34. The molecule has 0 fully saturated rings. The normalized spacial score (nSPS) is 13.0. The minimum absolute atomic E-state index is 0.562. The van der Waals surface area contributed by atoms with E-state index in [1.54, 1.807) is 24.3 Å². The third-order valence-electron chi connectivity index (χ3n) is 1.55. The number of hydrogen-bond donors (Lipinski definition) is 0. The first-order chi connectivity index (χ1) is 7.39. The summed E-state index contributed by atoms with van der Waals surface area (Å²) in [6.45, 7) is 1.53. The largest absolute Gasteiger partial charge is 0.455 e. The predicted molar refractivity (Wildman–Crippen MR) is 62.9 cm³/mol. The third-order valence-corrected chi connectivity index (χ3v) is 2.01. The smallest absolute Gasteiger partial charge is 0.361 e. The monoisotopic (exact) mass is 282 g/mol. The number of halogens is 3. The Hall–Kier alpha value is -0.640. The van der Waals surface area contributed by atoms with Gasteiger partial charge < -0.3 is 9.47 Å². The van der Waals surface area contributed by atoms with Gasteiger partial charge in [0.2, 0.25) is 6.29 Å². The van der Waals surface area contributed by atoms with Gasteiger partial charge in [0.25, 0.3) is 3.79 Å². The summed E-state index contributed by atoms with van der Waals surface area (Å²) in [5.74, 6) is -0.409. The topological polar surface area (TPSA) is 35.5 Å². The zero-order valence-corrected chi connectivity index (χ0v) is 10.6. The number of carbonyl (C=O) groups is 1. The number of carbonyl (C=O) groups excluding carboxylic acids is 1. The van der Waals surface area contributed by atoms with Crippen molar-refractivity contribution in [3.8, 4) is 5.75 Å². The number of rotatable bonds is 3. The Morgan fingerprint density at radius 2 is 1.81 bits per heavy atom. The molecule has 0 spiro atoms. The fourth-order valence-electron chi connectivity index (χ4n) is 0.932. The molecule has 1 aromatic rings. The molecule has 16 heavy (non-hydrogen) atoms. The highest BCUT2D eigenvalue weighted by atomic mass is 35.6. The van der Waals surface area contributed by atoms with Crippen LogP contribution in [-0.4, -0.2) is 16.1 Å². The highest BCUT2D eigenvalue weighted by Crippen LogP contribution is 2.28. The summed E-state index contributed by atoms with van der Waals surface area (Å²) in [7, 11) is 0. The van der Waals surface area contributed by atoms with Crippen molar-refractivity contribution in [2.24, 2.45) is 0 Å². The highest BCUT2D eigenvalue weighted by molar-refractivity contribution is 6.75. The van der Waals surface area contributed by atoms with Gasteiger partial charge in [-0.2, -0.15) is 0 Å². The predicted octanol–water partition coefficient (Wildman–Crippen LogP) is 3.32. The van der Waals surface area contributed by atoms with Gasteiger partial charge in [-0.15, -0.1) is 0 Å². The molecule has 0 aromatic heterocycles. The molecule has 1 rings (SSSR count). The minimum atomic E-state index is -2.09. The lowest BCUT2D eigenvalue weighted by molar-refractivity contribution is -0.160. The van der Waals surface area contributed by atoms with Crippen LogP contribution < -0.4 is 4.74 Å². The van der Waals surface area contributed by atoms with Crippen molar-refractivity contribution in [1.29, 1.82) is 0 Å². The van der Waals surface area contributed by atoms with Crippen LogP contribution in [-0.2, 0) is 9.53 Å². The Balaban J connectivity index is 2.49. The lowest BCUT2D eigenvalue weighted by Crippen LogP contribution is -2.29. The summed E-state index contributed by atoms with van der Waals surface area (Å²) in [6.07, 6.45) is -0.828. The molecule has 3 nitrogen and oxygen atoms in total. The van der Waals surface area contributed by atoms with Gasteiger partial charge in [-0.25, -0.2) is 4.79 Å². The summed E-state index contributed by atoms with van der Waals surface area (Å²) >= 11 is 16.0. The van der Waals surface area contributed by atoms with Crippen molar-refractivity contribution in [2.45, 2.75) is 17.0 Å². The van der Waals surface area contributed by atoms with Crippen molar-refractivity contribution in [3.05, 3.63) is 30.3 Å². The molecule has 0 aliphatic heterocycles. The SMILES string of the molecule is CC(OC(=O)C(Cl)(Cl)Cl)Oc1ccccc1. The van der Waals surface area contributed by atoms with E-state index in [0.717, 1.165) is 0 Å². The van der Waals surface area contributed by atoms with E-state index in [1.807, 2.05) is 6.07 Å². The number of hydrogen-bond acceptors (Lipinski definition) is 3. The average molecular weight is 284 g/mol. The summed E-state index contributed by atoms with van der Waals surface area (Å²) in [5, 5.41) is 0. The maximum Gasteiger partial charge on any atom is 0.361 e. The maximum absolute atomic E-state index is 11.2. The summed E-state index contributed by atoms with van der Waals surface area (Å²) < 4.78 is 7.93. The zero-order chi connectivity index (χ0) is 12.2. The van der Waals surface area contributed by atoms with E-state index < -0.39 is 16.1 Å². The van der Waals surface area contributed by atoms with Crippen LogP contribution in [0.1, 0.15) is 6.92 Å². The molecule has 88 valence electrons. The fourth-order valence-corrected chi connectivity index (χ4v) is 1.07. The fraction of sp³-hybridized carbons (Fsp3) is 0.300. The maximum atomic E-state index is 11.2. The lowest BCUT2D eigenvalue weighted by Gasteiger charge is -2.17. The number of ether oxygens (including phenoxy) is 2. The average Bonchev–Trinajstić information content (AvgIpc) is 2.17. The van der Waals surface area contributed by atoms with Crippen LogP contribution in [0.3, 0.4) is 0 Å². The van der Waals surface area contributed by atoms with Gasteiger partial charge in [-0.05, 0) is 12.1 Å². The van der Waals surface area contributed by atoms with E-state index in [9.17, 15) is 4.79 Å². The first kappa shape index (κ1) is 13.4. The molecule has 0 bridgehead atoms. The molecule has 0 saturated carbocycles. The molecule has 1 atom stereocenters. The Morgan fingerprint density at radius 3 is 2.31 bits per heavy atom. The molecule has 6 heteroatoms. The van der Waals surface area contributed by atoms with Gasteiger partial charge in [-0.1, -0.05) is 53.0 Å². The Labute approximate surface area is 108 Å². The zero-order valence-electron chi connectivity index (χ0n) is 8.32. The van der Waals surface area contributed by atoms with Gasteiger partial charge in [-0.3, -0.25) is 0 Å². The second-order valence-corrected chi connectivity index (χ2v) is 5.18. The van der Waals surface area contributed by atoms with E-state index in [4.69, 9.17) is 44.3 Å². The first-order valence-corrected chi connectivity index (χ1v) is 5.52. The van der Waals surface area contributed by atoms with Gasteiger partial charge >= 0.3 is 5.97 Å². The molecule has 0 N–H and O–H groups in total. The van der Waals surface area contributed by atoms with Crippen molar-refractivity contribution < 1.29 is 14.3 Å². The molecular formula is C10H9Cl3O3. The Bertz CT molecular complexity index is 348. The summed E-state index contributed by atoms with van der Waals surface area (Å²) in [6, 6.07) is 8.86. The standard InChI is InChI=1S/C10H9Cl3O3/c1-7(16-9(14)10(11,12)13)15-8-5-3-2-4-6-8/h2-7H,1H3. The number of esters is 1. The van der Waals surface area contributed by atoms with Crippen molar-refractivity contribution in [1.82, 2.24) is 0 Å². The van der Waals surface area contributed by atoms with Crippen LogP contribution in [0.2, 0.25) is 0 Å². The molecular weight excluding hydrogens is 274 g/mol.